The first-order chi connectivity index (χ1) is 6.83. The van der Waals surface area contributed by atoms with E-state index in [0.29, 0.717) is 5.92 Å². The van der Waals surface area contributed by atoms with E-state index in [1.54, 1.807) is 0 Å². The molecule has 1 rings (SSSR count). The average Bonchev–Trinajstić information content (AvgIpc) is 2.25. The van der Waals surface area contributed by atoms with Gasteiger partial charge in [0.05, 0.1) is 0 Å². The molecule has 0 bridgehead atoms. The highest BCUT2D eigenvalue weighted by molar-refractivity contribution is 5.50. The molecule has 1 aromatic rings. The van der Waals surface area contributed by atoms with Gasteiger partial charge < -0.3 is 0 Å². The second-order valence-electron chi connectivity index (χ2n) is 3.54. The van der Waals surface area contributed by atoms with Crippen molar-refractivity contribution in [1.82, 2.24) is 0 Å². The van der Waals surface area contributed by atoms with Crippen molar-refractivity contribution < 1.29 is 0 Å². The van der Waals surface area contributed by atoms with Gasteiger partial charge in [-0.3, -0.25) is 0 Å². The third kappa shape index (κ3) is 4.08. The molecule has 74 valence electrons. The minimum Gasteiger partial charge on any atom is -0.0817 e. The van der Waals surface area contributed by atoms with Crippen LogP contribution < -0.4 is 0 Å². The third-order valence-electron chi connectivity index (χ3n) is 2.28. The van der Waals surface area contributed by atoms with Gasteiger partial charge in [0.15, 0.2) is 0 Å². The van der Waals surface area contributed by atoms with Crippen molar-refractivity contribution in [3.05, 3.63) is 54.1 Å². The molecular formula is C14H18. The normalized spacial score (nSPS) is 13.9. The van der Waals surface area contributed by atoms with Crippen molar-refractivity contribution in [2.24, 2.45) is 5.92 Å². The zero-order chi connectivity index (χ0) is 10.2. The number of hydrogen-bond acceptors (Lipinski definition) is 0. The van der Waals surface area contributed by atoms with E-state index in [2.05, 4.69) is 62.4 Å². The molecule has 0 saturated carbocycles. The zero-order valence-corrected chi connectivity index (χ0v) is 8.98. The molecule has 0 saturated heterocycles. The van der Waals surface area contributed by atoms with E-state index in [0.717, 1.165) is 0 Å². The summed E-state index contributed by atoms with van der Waals surface area (Å²) in [5.41, 5.74) is 1.25. The smallest absolute Gasteiger partial charge is 0.0257 e. The lowest BCUT2D eigenvalue weighted by Gasteiger charge is -1.96. The third-order valence-corrected chi connectivity index (χ3v) is 2.28. The van der Waals surface area contributed by atoms with E-state index in [9.17, 15) is 0 Å². The minimum atomic E-state index is 0.676. The van der Waals surface area contributed by atoms with Crippen molar-refractivity contribution in [3.63, 3.8) is 0 Å². The molecule has 0 radical (unpaired) electrons. The lowest BCUT2D eigenvalue weighted by Crippen LogP contribution is -1.82. The van der Waals surface area contributed by atoms with Crippen LogP contribution in [-0.2, 0) is 0 Å². The summed E-state index contributed by atoms with van der Waals surface area (Å²) in [7, 11) is 0. The standard InChI is InChI=1S/C14H18/c1-3-13(2)9-7-8-12-14-10-5-4-6-11-14/h4-13H,3H2,1-2H3/b9-7+,12-8+. The van der Waals surface area contributed by atoms with E-state index >= 15 is 0 Å². The van der Waals surface area contributed by atoms with Gasteiger partial charge in [-0.25, -0.2) is 0 Å². The van der Waals surface area contributed by atoms with Gasteiger partial charge in [-0.1, -0.05) is 74.9 Å². The molecule has 0 aliphatic heterocycles. The van der Waals surface area contributed by atoms with Crippen molar-refractivity contribution in [2.45, 2.75) is 20.3 Å². The highest BCUT2D eigenvalue weighted by Gasteiger charge is 1.87. The second kappa shape index (κ2) is 6.20. The van der Waals surface area contributed by atoms with Crippen LogP contribution >= 0.6 is 0 Å². The van der Waals surface area contributed by atoms with Crippen molar-refractivity contribution in [2.75, 3.05) is 0 Å². The summed E-state index contributed by atoms with van der Waals surface area (Å²) in [5.74, 6) is 0.676. The molecule has 0 fully saturated rings. The molecule has 1 atom stereocenters. The summed E-state index contributed by atoms with van der Waals surface area (Å²) in [5, 5.41) is 0. The first-order valence-corrected chi connectivity index (χ1v) is 5.23. The number of benzene rings is 1. The number of rotatable bonds is 4. The molecule has 0 amide bonds. The zero-order valence-electron chi connectivity index (χ0n) is 8.98. The summed E-state index contributed by atoms with van der Waals surface area (Å²) < 4.78 is 0. The lowest BCUT2D eigenvalue weighted by molar-refractivity contribution is 0.698. The van der Waals surface area contributed by atoms with Gasteiger partial charge >= 0.3 is 0 Å². The molecule has 0 heterocycles. The molecule has 0 nitrogen and oxygen atoms in total. The summed E-state index contributed by atoms with van der Waals surface area (Å²) in [4.78, 5) is 0. The highest BCUT2D eigenvalue weighted by Crippen LogP contribution is 2.04. The van der Waals surface area contributed by atoms with Crippen LogP contribution in [0.4, 0.5) is 0 Å². The Balaban J connectivity index is 2.45. The minimum absolute atomic E-state index is 0.676. The van der Waals surface area contributed by atoms with Gasteiger partial charge in [0.25, 0.3) is 0 Å². The fourth-order valence-electron chi connectivity index (χ4n) is 1.12. The maximum Gasteiger partial charge on any atom is -0.0257 e. The Morgan fingerprint density at radius 2 is 1.86 bits per heavy atom. The molecule has 0 aliphatic rings. The Bertz CT molecular complexity index is 293. The first-order valence-electron chi connectivity index (χ1n) is 5.23. The van der Waals surface area contributed by atoms with E-state index in [4.69, 9.17) is 0 Å². The molecule has 0 aliphatic carbocycles. The van der Waals surface area contributed by atoms with Crippen molar-refractivity contribution in [3.8, 4) is 0 Å². The Morgan fingerprint density at radius 1 is 1.14 bits per heavy atom. The maximum absolute atomic E-state index is 2.24. The Labute approximate surface area is 87.0 Å². The van der Waals surface area contributed by atoms with E-state index in [-0.39, 0.29) is 0 Å². The van der Waals surface area contributed by atoms with Crippen LogP contribution in [0.15, 0.2) is 48.6 Å². The SMILES string of the molecule is CCC(C)/C=C/C=C/c1ccccc1. The molecule has 0 heteroatoms. The summed E-state index contributed by atoms with van der Waals surface area (Å²) >= 11 is 0. The van der Waals surface area contributed by atoms with Crippen LogP contribution in [0.25, 0.3) is 6.08 Å². The van der Waals surface area contributed by atoms with Crippen LogP contribution in [0.5, 0.6) is 0 Å². The van der Waals surface area contributed by atoms with E-state index in [1.807, 2.05) is 6.07 Å². The predicted octanol–water partition coefficient (Wildman–Crippen LogP) is 4.30. The van der Waals surface area contributed by atoms with Gasteiger partial charge in [-0.15, -0.1) is 0 Å². The quantitative estimate of drug-likeness (QED) is 0.615. The monoisotopic (exact) mass is 186 g/mol. The topological polar surface area (TPSA) is 0 Å². The molecule has 14 heavy (non-hydrogen) atoms. The van der Waals surface area contributed by atoms with E-state index in [1.165, 1.54) is 12.0 Å². The fraction of sp³-hybridized carbons (Fsp3) is 0.286. The molecule has 0 spiro atoms. The van der Waals surface area contributed by atoms with Crippen LogP contribution in [0.3, 0.4) is 0 Å². The average molecular weight is 186 g/mol. The largest absolute Gasteiger partial charge is 0.0817 e. The Morgan fingerprint density at radius 3 is 2.50 bits per heavy atom. The van der Waals surface area contributed by atoms with Crippen molar-refractivity contribution >= 4 is 6.08 Å². The van der Waals surface area contributed by atoms with Gasteiger partial charge in [0, 0.05) is 0 Å². The molecular weight excluding hydrogens is 168 g/mol. The predicted molar refractivity (Wildman–Crippen MR) is 64.1 cm³/mol. The van der Waals surface area contributed by atoms with Gasteiger partial charge in [-0.2, -0.15) is 0 Å². The molecule has 0 N–H and O–H groups in total. The van der Waals surface area contributed by atoms with Crippen LogP contribution in [0.1, 0.15) is 25.8 Å². The summed E-state index contributed by atoms with van der Waals surface area (Å²) in [6, 6.07) is 10.4. The van der Waals surface area contributed by atoms with Crippen LogP contribution in [-0.4, -0.2) is 0 Å². The Kier molecular flexibility index (Phi) is 4.77. The summed E-state index contributed by atoms with van der Waals surface area (Å²) in [6.07, 6.45) is 9.79. The molecule has 1 unspecified atom stereocenters. The summed E-state index contributed by atoms with van der Waals surface area (Å²) in [6.45, 7) is 4.43. The number of hydrogen-bond donors (Lipinski definition) is 0. The van der Waals surface area contributed by atoms with Crippen LogP contribution in [0, 0.1) is 5.92 Å². The fourth-order valence-corrected chi connectivity index (χ4v) is 1.12. The Hall–Kier alpha value is -1.30. The maximum atomic E-state index is 2.24. The first kappa shape index (κ1) is 10.8. The van der Waals surface area contributed by atoms with Crippen molar-refractivity contribution in [1.29, 1.82) is 0 Å². The van der Waals surface area contributed by atoms with Crippen LogP contribution in [0.2, 0.25) is 0 Å². The van der Waals surface area contributed by atoms with E-state index < -0.39 is 0 Å². The van der Waals surface area contributed by atoms with Gasteiger partial charge in [-0.05, 0) is 11.5 Å². The van der Waals surface area contributed by atoms with Gasteiger partial charge in [0.2, 0.25) is 0 Å². The van der Waals surface area contributed by atoms with Gasteiger partial charge in [0.1, 0.15) is 0 Å². The highest BCUT2D eigenvalue weighted by atomic mass is 13.9. The second-order valence-corrected chi connectivity index (χ2v) is 3.54. The lowest BCUT2D eigenvalue weighted by atomic mass is 10.1. The molecule has 0 aromatic heterocycles. The number of allylic oxidation sites excluding steroid dienone is 3. The molecule has 1 aromatic carbocycles.